The fourth-order valence-electron chi connectivity index (χ4n) is 1.81. The molecule has 0 amide bonds. The summed E-state index contributed by atoms with van der Waals surface area (Å²) in [5, 5.41) is 0. The second-order valence-corrected chi connectivity index (χ2v) is 5.28. The van der Waals surface area contributed by atoms with E-state index in [2.05, 4.69) is 37.9 Å². The molecule has 3 heteroatoms. The van der Waals surface area contributed by atoms with E-state index in [4.69, 9.17) is 10.5 Å². The average molecular weight is 256 g/mol. The van der Waals surface area contributed by atoms with Crippen LogP contribution in [0.4, 0.5) is 5.82 Å². The van der Waals surface area contributed by atoms with Crippen molar-refractivity contribution in [2.45, 2.75) is 32.6 Å². The number of nitrogens with two attached hydrogens (primary N) is 1. The highest BCUT2D eigenvalue weighted by molar-refractivity contribution is 5.39. The van der Waals surface area contributed by atoms with Crippen LogP contribution in [0.1, 0.15) is 32.8 Å². The van der Waals surface area contributed by atoms with Crippen molar-refractivity contribution >= 4 is 5.82 Å². The van der Waals surface area contributed by atoms with Gasteiger partial charge >= 0.3 is 0 Å². The molecule has 2 aromatic rings. The van der Waals surface area contributed by atoms with Gasteiger partial charge in [-0.1, -0.05) is 32.9 Å². The maximum absolute atomic E-state index is 5.74. The number of nitrogens with zero attached hydrogens (tertiary/aromatic N) is 1. The third-order valence-corrected chi connectivity index (χ3v) is 3.51. The Morgan fingerprint density at radius 1 is 1.11 bits per heavy atom. The Balaban J connectivity index is 2.15. The number of hydrogen-bond acceptors (Lipinski definition) is 3. The molecule has 1 aromatic heterocycles. The first-order chi connectivity index (χ1) is 9.01. The number of aromatic nitrogens is 1. The van der Waals surface area contributed by atoms with Gasteiger partial charge in [0.25, 0.3) is 0 Å². The van der Waals surface area contributed by atoms with E-state index in [1.54, 1.807) is 18.3 Å². The van der Waals surface area contributed by atoms with E-state index >= 15 is 0 Å². The summed E-state index contributed by atoms with van der Waals surface area (Å²) in [4.78, 5) is 3.94. The van der Waals surface area contributed by atoms with E-state index < -0.39 is 0 Å². The third kappa shape index (κ3) is 3.25. The first kappa shape index (κ1) is 13.4. The molecule has 1 aromatic carbocycles. The number of anilines is 1. The maximum Gasteiger partial charge on any atom is 0.132 e. The third-order valence-electron chi connectivity index (χ3n) is 3.51. The van der Waals surface area contributed by atoms with Crippen molar-refractivity contribution < 1.29 is 4.74 Å². The van der Waals surface area contributed by atoms with Crippen LogP contribution < -0.4 is 10.5 Å². The maximum atomic E-state index is 5.74. The number of hydrogen-bond donors (Lipinski definition) is 1. The highest BCUT2D eigenvalue weighted by Crippen LogP contribution is 2.29. The molecule has 0 spiro atoms. The molecule has 0 radical (unpaired) electrons. The van der Waals surface area contributed by atoms with E-state index in [0.717, 1.165) is 12.2 Å². The second-order valence-electron chi connectivity index (χ2n) is 5.28. The lowest BCUT2D eigenvalue weighted by atomic mass is 9.82. The molecule has 0 aliphatic carbocycles. The molecule has 2 N–H and O–H groups in total. The molecular formula is C16H20N2O. The summed E-state index contributed by atoms with van der Waals surface area (Å²) in [5.41, 5.74) is 7.13. The molecular weight excluding hydrogens is 236 g/mol. The van der Waals surface area contributed by atoms with Crippen molar-refractivity contribution in [3.63, 3.8) is 0 Å². The Labute approximate surface area is 114 Å². The Hall–Kier alpha value is -2.03. The average Bonchev–Trinajstić information content (AvgIpc) is 2.39. The minimum Gasteiger partial charge on any atom is -0.457 e. The number of ether oxygens (including phenoxy) is 1. The Morgan fingerprint density at radius 3 is 2.37 bits per heavy atom. The first-order valence-electron chi connectivity index (χ1n) is 6.51. The standard InChI is InChI=1S/C16H20N2O/c1-4-16(2,3)12-5-7-13(8-6-12)19-14-9-10-18-15(17)11-14/h5-11H,4H2,1-3H3,(H2,17,18). The normalized spacial score (nSPS) is 11.3. The highest BCUT2D eigenvalue weighted by Gasteiger charge is 2.17. The van der Waals surface area contributed by atoms with Crippen molar-refractivity contribution in [3.05, 3.63) is 48.2 Å². The smallest absolute Gasteiger partial charge is 0.132 e. The van der Waals surface area contributed by atoms with Crippen molar-refractivity contribution in [2.24, 2.45) is 0 Å². The van der Waals surface area contributed by atoms with E-state index in [9.17, 15) is 0 Å². The molecule has 100 valence electrons. The van der Waals surface area contributed by atoms with E-state index in [-0.39, 0.29) is 5.41 Å². The van der Waals surface area contributed by atoms with Gasteiger partial charge in [-0.25, -0.2) is 4.98 Å². The Bertz CT molecular complexity index is 547. The molecule has 3 nitrogen and oxygen atoms in total. The minimum absolute atomic E-state index is 0.194. The summed E-state index contributed by atoms with van der Waals surface area (Å²) in [6.07, 6.45) is 2.74. The zero-order valence-corrected chi connectivity index (χ0v) is 11.7. The largest absolute Gasteiger partial charge is 0.457 e. The van der Waals surface area contributed by atoms with Crippen LogP contribution in [0.2, 0.25) is 0 Å². The quantitative estimate of drug-likeness (QED) is 0.894. The zero-order valence-electron chi connectivity index (χ0n) is 11.7. The van der Waals surface area contributed by atoms with Crippen molar-refractivity contribution in [1.29, 1.82) is 0 Å². The lowest BCUT2D eigenvalue weighted by Gasteiger charge is -2.23. The van der Waals surface area contributed by atoms with Crippen LogP contribution >= 0.6 is 0 Å². The van der Waals surface area contributed by atoms with Gasteiger partial charge in [-0.05, 0) is 35.6 Å². The van der Waals surface area contributed by atoms with Crippen molar-refractivity contribution in [1.82, 2.24) is 4.98 Å². The van der Waals surface area contributed by atoms with Crippen LogP contribution in [-0.2, 0) is 5.41 Å². The van der Waals surface area contributed by atoms with E-state index in [1.165, 1.54) is 5.56 Å². The second kappa shape index (κ2) is 5.31. The van der Waals surface area contributed by atoms with Gasteiger partial charge in [-0.2, -0.15) is 0 Å². The predicted molar refractivity (Wildman–Crippen MR) is 78.5 cm³/mol. The van der Waals surface area contributed by atoms with Gasteiger partial charge in [0.2, 0.25) is 0 Å². The number of rotatable bonds is 4. The van der Waals surface area contributed by atoms with E-state index in [1.807, 2.05) is 12.1 Å². The van der Waals surface area contributed by atoms with Crippen molar-refractivity contribution in [3.8, 4) is 11.5 Å². The molecule has 0 atom stereocenters. The molecule has 0 bridgehead atoms. The number of pyridine rings is 1. The zero-order chi connectivity index (χ0) is 13.9. The molecule has 0 saturated heterocycles. The molecule has 1 heterocycles. The van der Waals surface area contributed by atoms with Crippen LogP contribution in [0.5, 0.6) is 11.5 Å². The highest BCUT2D eigenvalue weighted by atomic mass is 16.5. The van der Waals surface area contributed by atoms with Crippen LogP contribution in [0.3, 0.4) is 0 Å². The predicted octanol–water partition coefficient (Wildman–Crippen LogP) is 4.14. The summed E-state index contributed by atoms with van der Waals surface area (Å²) < 4.78 is 5.74. The summed E-state index contributed by atoms with van der Waals surface area (Å²) in [6, 6.07) is 11.7. The molecule has 0 fully saturated rings. The van der Waals surface area contributed by atoms with Crippen LogP contribution in [0, 0.1) is 0 Å². The SMILES string of the molecule is CCC(C)(C)c1ccc(Oc2ccnc(N)c2)cc1. The minimum atomic E-state index is 0.194. The topological polar surface area (TPSA) is 48.1 Å². The fraction of sp³-hybridized carbons (Fsp3) is 0.312. The summed E-state index contributed by atoms with van der Waals surface area (Å²) in [6.45, 7) is 6.68. The lowest BCUT2D eigenvalue weighted by molar-refractivity contribution is 0.478. The molecule has 2 rings (SSSR count). The van der Waals surface area contributed by atoms with Gasteiger partial charge in [0, 0.05) is 12.3 Å². The molecule has 19 heavy (non-hydrogen) atoms. The summed E-state index contributed by atoms with van der Waals surface area (Å²) in [7, 11) is 0. The molecule has 0 aliphatic rings. The van der Waals surface area contributed by atoms with Gasteiger partial charge in [0.1, 0.15) is 17.3 Å². The number of benzene rings is 1. The first-order valence-corrected chi connectivity index (χ1v) is 6.51. The van der Waals surface area contributed by atoms with Crippen LogP contribution in [0.15, 0.2) is 42.6 Å². The van der Waals surface area contributed by atoms with E-state index in [0.29, 0.717) is 11.6 Å². The molecule has 0 unspecified atom stereocenters. The molecule has 0 saturated carbocycles. The summed E-state index contributed by atoms with van der Waals surface area (Å²) in [5.74, 6) is 1.97. The van der Waals surface area contributed by atoms with Crippen molar-refractivity contribution in [2.75, 3.05) is 5.73 Å². The van der Waals surface area contributed by atoms with Gasteiger partial charge < -0.3 is 10.5 Å². The van der Waals surface area contributed by atoms with Gasteiger partial charge in [0.05, 0.1) is 0 Å². The Kier molecular flexibility index (Phi) is 3.74. The summed E-state index contributed by atoms with van der Waals surface area (Å²) >= 11 is 0. The fourth-order valence-corrected chi connectivity index (χ4v) is 1.81. The van der Waals surface area contributed by atoms with Gasteiger partial charge in [0.15, 0.2) is 0 Å². The van der Waals surface area contributed by atoms with Crippen LogP contribution in [-0.4, -0.2) is 4.98 Å². The van der Waals surface area contributed by atoms with Gasteiger partial charge in [-0.3, -0.25) is 0 Å². The lowest BCUT2D eigenvalue weighted by Crippen LogP contribution is -2.14. The van der Waals surface area contributed by atoms with Gasteiger partial charge in [-0.15, -0.1) is 0 Å². The Morgan fingerprint density at radius 2 is 1.79 bits per heavy atom. The van der Waals surface area contributed by atoms with Crippen LogP contribution in [0.25, 0.3) is 0 Å². The monoisotopic (exact) mass is 256 g/mol. The molecule has 0 aliphatic heterocycles. The number of nitrogen functional groups attached to an aromatic ring is 1.